The van der Waals surface area contributed by atoms with Gasteiger partial charge in [-0.2, -0.15) is 0 Å². The average Bonchev–Trinajstić information content (AvgIpc) is 2.29. The lowest BCUT2D eigenvalue weighted by Crippen LogP contribution is -2.02. The molecule has 6 nitrogen and oxygen atoms in total. The van der Waals surface area contributed by atoms with Crippen molar-refractivity contribution in [2.24, 2.45) is 0 Å². The summed E-state index contributed by atoms with van der Waals surface area (Å²) in [5.41, 5.74) is -0.279. The average molecular weight is 257 g/mol. The molecule has 1 N–H and O–H groups in total. The van der Waals surface area contributed by atoms with Crippen molar-refractivity contribution < 1.29 is 19.6 Å². The van der Waals surface area contributed by atoms with Crippen LogP contribution >= 0.6 is 11.8 Å². The fourth-order valence-electron chi connectivity index (χ4n) is 1.16. The van der Waals surface area contributed by atoms with Crippen LogP contribution in [0.3, 0.4) is 0 Å². The number of carboxylic acids is 1. The molecule has 0 amide bonds. The first-order chi connectivity index (χ1) is 8.06. The van der Waals surface area contributed by atoms with Crippen LogP contribution in [0.15, 0.2) is 23.1 Å². The lowest BCUT2D eigenvalue weighted by molar-refractivity contribution is -0.384. The Morgan fingerprint density at radius 3 is 2.82 bits per heavy atom. The van der Waals surface area contributed by atoms with Gasteiger partial charge in [-0.05, 0) is 6.07 Å². The second-order valence-electron chi connectivity index (χ2n) is 3.08. The van der Waals surface area contributed by atoms with Crippen molar-refractivity contribution in [1.29, 1.82) is 0 Å². The number of rotatable bonds is 6. The lowest BCUT2D eigenvalue weighted by Gasteiger charge is -2.05. The third-order valence-corrected chi connectivity index (χ3v) is 2.99. The van der Waals surface area contributed by atoms with Gasteiger partial charge in [0.2, 0.25) is 0 Å². The number of non-ortho nitro benzene ring substituents is 1. The molecule has 0 heterocycles. The van der Waals surface area contributed by atoms with Crippen LogP contribution in [-0.4, -0.2) is 35.5 Å². The molecule has 0 saturated heterocycles. The van der Waals surface area contributed by atoms with Gasteiger partial charge >= 0.3 is 5.97 Å². The molecule has 0 fully saturated rings. The summed E-state index contributed by atoms with van der Waals surface area (Å²) in [5.74, 6) is -0.581. The van der Waals surface area contributed by atoms with Crippen molar-refractivity contribution in [3.63, 3.8) is 0 Å². The van der Waals surface area contributed by atoms with Crippen molar-refractivity contribution in [1.82, 2.24) is 0 Å². The number of hydrogen-bond acceptors (Lipinski definition) is 5. The third-order valence-electron chi connectivity index (χ3n) is 1.95. The Bertz CT molecular complexity index is 435. The van der Waals surface area contributed by atoms with Gasteiger partial charge in [0.05, 0.1) is 17.1 Å². The van der Waals surface area contributed by atoms with Crippen LogP contribution in [0.4, 0.5) is 5.69 Å². The molecule has 1 rings (SSSR count). The number of nitro benzene ring substituents is 1. The normalized spacial score (nSPS) is 10.2. The Morgan fingerprint density at radius 2 is 2.29 bits per heavy atom. The molecule has 0 aliphatic carbocycles. The summed E-state index contributed by atoms with van der Waals surface area (Å²) in [6.07, 6.45) is 0. The summed E-state index contributed by atoms with van der Waals surface area (Å²) in [7, 11) is 1.55. The van der Waals surface area contributed by atoms with E-state index in [1.54, 1.807) is 7.11 Å². The van der Waals surface area contributed by atoms with Crippen LogP contribution in [0.1, 0.15) is 10.4 Å². The summed E-state index contributed by atoms with van der Waals surface area (Å²) in [5, 5.41) is 19.5. The van der Waals surface area contributed by atoms with Gasteiger partial charge in [0, 0.05) is 29.9 Å². The third kappa shape index (κ3) is 3.72. The quantitative estimate of drug-likeness (QED) is 0.363. The number of carbonyl (C=O) groups is 1. The summed E-state index contributed by atoms with van der Waals surface area (Å²) < 4.78 is 4.85. The van der Waals surface area contributed by atoms with E-state index in [0.717, 1.165) is 6.07 Å². The van der Waals surface area contributed by atoms with E-state index in [1.165, 1.54) is 23.9 Å². The number of ether oxygens (including phenoxy) is 1. The molecule has 0 aromatic heterocycles. The molecule has 0 aliphatic rings. The lowest BCUT2D eigenvalue weighted by atomic mass is 10.2. The number of nitrogens with zero attached hydrogens (tertiary/aromatic N) is 1. The highest BCUT2D eigenvalue weighted by molar-refractivity contribution is 7.99. The number of nitro groups is 1. The van der Waals surface area contributed by atoms with Gasteiger partial charge in [0.15, 0.2) is 0 Å². The molecule has 0 saturated carbocycles. The van der Waals surface area contributed by atoms with Gasteiger partial charge in [-0.15, -0.1) is 11.8 Å². The summed E-state index contributed by atoms with van der Waals surface area (Å²) >= 11 is 1.29. The SMILES string of the molecule is COCCSc1ccc([N+](=O)[O-])cc1C(=O)O. The standard InChI is InChI=1S/C10H11NO5S/c1-16-4-5-17-9-3-2-7(11(14)15)6-8(9)10(12)13/h2-3,6H,4-5H2,1H3,(H,12,13). The molecule has 1 aromatic carbocycles. The van der Waals surface area contributed by atoms with Crippen LogP contribution in [0, 0.1) is 10.1 Å². The van der Waals surface area contributed by atoms with E-state index >= 15 is 0 Å². The minimum absolute atomic E-state index is 0.0553. The number of aromatic carboxylic acids is 1. The van der Waals surface area contributed by atoms with Gasteiger partial charge in [0.1, 0.15) is 0 Å². The number of methoxy groups -OCH3 is 1. The van der Waals surface area contributed by atoms with Crippen molar-refractivity contribution in [3.8, 4) is 0 Å². The van der Waals surface area contributed by atoms with Gasteiger partial charge in [0.25, 0.3) is 5.69 Å². The molecule has 92 valence electrons. The first-order valence-corrected chi connectivity index (χ1v) is 5.68. The molecule has 0 aliphatic heterocycles. The van der Waals surface area contributed by atoms with Gasteiger partial charge in [-0.25, -0.2) is 4.79 Å². The predicted octanol–water partition coefficient (Wildman–Crippen LogP) is 2.03. The Balaban J connectivity index is 2.96. The maximum Gasteiger partial charge on any atom is 0.337 e. The van der Waals surface area contributed by atoms with Crippen molar-refractivity contribution in [3.05, 3.63) is 33.9 Å². The molecule has 0 spiro atoms. The number of benzene rings is 1. The molecule has 0 bridgehead atoms. The molecule has 0 unspecified atom stereocenters. The minimum atomic E-state index is -1.17. The van der Waals surface area contributed by atoms with E-state index in [4.69, 9.17) is 9.84 Å². The van der Waals surface area contributed by atoms with E-state index in [2.05, 4.69) is 0 Å². The van der Waals surface area contributed by atoms with Crippen molar-refractivity contribution in [2.75, 3.05) is 19.5 Å². The topological polar surface area (TPSA) is 89.7 Å². The van der Waals surface area contributed by atoms with Crippen molar-refractivity contribution >= 4 is 23.4 Å². The largest absolute Gasteiger partial charge is 0.478 e. The van der Waals surface area contributed by atoms with E-state index in [1.807, 2.05) is 0 Å². The number of hydrogen-bond donors (Lipinski definition) is 1. The molecule has 17 heavy (non-hydrogen) atoms. The van der Waals surface area contributed by atoms with Gasteiger partial charge < -0.3 is 9.84 Å². The smallest absolute Gasteiger partial charge is 0.337 e. The monoisotopic (exact) mass is 257 g/mol. The summed E-state index contributed by atoms with van der Waals surface area (Å²) in [4.78, 5) is 21.4. The molecule has 7 heteroatoms. The second kappa shape index (κ2) is 6.21. The zero-order chi connectivity index (χ0) is 12.8. The van der Waals surface area contributed by atoms with Crippen LogP contribution in [0.2, 0.25) is 0 Å². The van der Waals surface area contributed by atoms with Gasteiger partial charge in [-0.3, -0.25) is 10.1 Å². The molecule has 0 atom stereocenters. The van der Waals surface area contributed by atoms with E-state index < -0.39 is 10.9 Å². The summed E-state index contributed by atoms with van der Waals surface area (Å²) in [6, 6.07) is 3.81. The molecule has 1 aromatic rings. The highest BCUT2D eigenvalue weighted by Gasteiger charge is 2.15. The Morgan fingerprint density at radius 1 is 1.59 bits per heavy atom. The van der Waals surface area contributed by atoms with Crippen LogP contribution in [0.25, 0.3) is 0 Å². The van der Waals surface area contributed by atoms with Gasteiger partial charge in [-0.1, -0.05) is 0 Å². The Labute approximate surface area is 102 Å². The molecular weight excluding hydrogens is 246 g/mol. The Kier molecular flexibility index (Phi) is 4.92. The van der Waals surface area contributed by atoms with Crippen LogP contribution < -0.4 is 0 Å². The van der Waals surface area contributed by atoms with Crippen molar-refractivity contribution in [2.45, 2.75) is 4.90 Å². The van der Waals surface area contributed by atoms with E-state index in [0.29, 0.717) is 17.3 Å². The highest BCUT2D eigenvalue weighted by atomic mass is 32.2. The fourth-order valence-corrected chi connectivity index (χ4v) is 2.10. The van der Waals surface area contributed by atoms with E-state index in [-0.39, 0.29) is 11.3 Å². The fraction of sp³-hybridized carbons (Fsp3) is 0.300. The molecular formula is C10H11NO5S. The first kappa shape index (κ1) is 13.5. The number of carboxylic acid groups (broad SMARTS) is 1. The maximum absolute atomic E-state index is 11.0. The highest BCUT2D eigenvalue weighted by Crippen LogP contribution is 2.26. The predicted molar refractivity (Wildman–Crippen MR) is 62.7 cm³/mol. The Hall–Kier alpha value is -1.60. The zero-order valence-corrected chi connectivity index (χ0v) is 9.90. The minimum Gasteiger partial charge on any atom is -0.478 e. The second-order valence-corrected chi connectivity index (χ2v) is 4.22. The number of thioether (sulfide) groups is 1. The summed E-state index contributed by atoms with van der Waals surface area (Å²) in [6.45, 7) is 0.487. The van der Waals surface area contributed by atoms with E-state index in [9.17, 15) is 14.9 Å². The first-order valence-electron chi connectivity index (χ1n) is 4.69. The van der Waals surface area contributed by atoms with Crippen LogP contribution in [-0.2, 0) is 4.74 Å². The molecule has 0 radical (unpaired) electrons. The van der Waals surface area contributed by atoms with Crippen LogP contribution in [0.5, 0.6) is 0 Å². The zero-order valence-electron chi connectivity index (χ0n) is 9.08. The maximum atomic E-state index is 11.0.